The number of hydrogen-bond acceptors (Lipinski definition) is 6. The Morgan fingerprint density at radius 2 is 2.14 bits per heavy atom. The van der Waals surface area contributed by atoms with Crippen molar-refractivity contribution in [2.45, 2.75) is 32.1 Å². The zero-order valence-corrected chi connectivity index (χ0v) is 16.6. The first-order valence-electron chi connectivity index (χ1n) is 9.83. The Morgan fingerprint density at radius 3 is 2.83 bits per heavy atom. The normalized spacial score (nSPS) is 18.8. The Bertz CT molecular complexity index is 905. The molecular weight excluding hydrogens is 374 g/mol. The van der Waals surface area contributed by atoms with Crippen molar-refractivity contribution in [2.75, 3.05) is 32.1 Å². The lowest BCUT2D eigenvalue weighted by atomic mass is 9.98. The smallest absolute Gasteiger partial charge is 0.245 e. The number of carbonyl (C=O) groups excluding carboxylic acids is 2. The number of nitrogens with zero attached hydrogens (tertiary/aromatic N) is 2. The van der Waals surface area contributed by atoms with E-state index < -0.39 is 0 Å². The van der Waals surface area contributed by atoms with Gasteiger partial charge >= 0.3 is 0 Å². The largest absolute Gasteiger partial charge is 0.493 e. The average molecular weight is 399 g/mol. The first-order valence-corrected chi connectivity index (χ1v) is 9.83. The number of carbonyl (C=O) groups is 2. The standard InChI is InChI=1S/C21H25N3O5/c1-13-7-19(23-29-13)22-20(25)11-24-10-16(9-21(24)26)15-5-6-17(27-2)18(8-15)28-12-14-3-4-14/h5-8,14,16H,3-4,9-12H2,1-2H3,(H,22,23,25). The number of aromatic nitrogens is 1. The molecule has 1 aromatic heterocycles. The summed E-state index contributed by atoms with van der Waals surface area (Å²) >= 11 is 0. The molecule has 1 saturated carbocycles. The van der Waals surface area contributed by atoms with Crippen molar-refractivity contribution in [2.24, 2.45) is 5.92 Å². The van der Waals surface area contributed by atoms with Crippen LogP contribution in [0.25, 0.3) is 0 Å². The van der Waals surface area contributed by atoms with E-state index >= 15 is 0 Å². The van der Waals surface area contributed by atoms with E-state index in [0.29, 0.717) is 48.6 Å². The Kier molecular flexibility index (Phi) is 5.42. The maximum atomic E-state index is 12.4. The fourth-order valence-corrected chi connectivity index (χ4v) is 3.48. The van der Waals surface area contributed by atoms with Gasteiger partial charge in [0.1, 0.15) is 5.76 Å². The highest BCUT2D eigenvalue weighted by Gasteiger charge is 2.32. The molecule has 8 nitrogen and oxygen atoms in total. The van der Waals surface area contributed by atoms with Gasteiger partial charge in [0.25, 0.3) is 0 Å². The van der Waals surface area contributed by atoms with E-state index in [-0.39, 0.29) is 24.3 Å². The van der Waals surface area contributed by atoms with E-state index in [1.54, 1.807) is 25.0 Å². The number of likely N-dealkylation sites (tertiary alicyclic amines) is 1. The lowest BCUT2D eigenvalue weighted by molar-refractivity contribution is -0.131. The third-order valence-electron chi connectivity index (χ3n) is 5.27. The molecule has 0 bridgehead atoms. The summed E-state index contributed by atoms with van der Waals surface area (Å²) in [6.45, 7) is 2.91. The first kappa shape index (κ1) is 19.3. The van der Waals surface area contributed by atoms with Crippen LogP contribution in [-0.4, -0.2) is 48.7 Å². The van der Waals surface area contributed by atoms with E-state index in [1.165, 1.54) is 12.8 Å². The fourth-order valence-electron chi connectivity index (χ4n) is 3.48. The van der Waals surface area contributed by atoms with Crippen LogP contribution in [0.4, 0.5) is 5.82 Å². The summed E-state index contributed by atoms with van der Waals surface area (Å²) in [5, 5.41) is 6.38. The summed E-state index contributed by atoms with van der Waals surface area (Å²) in [7, 11) is 1.62. The third kappa shape index (κ3) is 4.70. The van der Waals surface area contributed by atoms with E-state index in [2.05, 4.69) is 10.5 Å². The van der Waals surface area contributed by atoms with Crippen LogP contribution < -0.4 is 14.8 Å². The van der Waals surface area contributed by atoms with Crippen LogP contribution >= 0.6 is 0 Å². The zero-order valence-electron chi connectivity index (χ0n) is 16.6. The highest BCUT2D eigenvalue weighted by molar-refractivity contribution is 5.94. The van der Waals surface area contributed by atoms with Crippen molar-refractivity contribution in [3.63, 3.8) is 0 Å². The minimum absolute atomic E-state index is 0.0115. The van der Waals surface area contributed by atoms with Gasteiger partial charge in [-0.25, -0.2) is 0 Å². The van der Waals surface area contributed by atoms with E-state index in [1.807, 2.05) is 18.2 Å². The molecule has 2 aliphatic rings. The van der Waals surface area contributed by atoms with Gasteiger partial charge in [-0.15, -0.1) is 0 Å². The highest BCUT2D eigenvalue weighted by Crippen LogP contribution is 2.36. The molecule has 0 radical (unpaired) electrons. The van der Waals surface area contributed by atoms with Gasteiger partial charge in [0.15, 0.2) is 17.3 Å². The fraction of sp³-hybridized carbons (Fsp3) is 0.476. The number of rotatable bonds is 8. The van der Waals surface area contributed by atoms with Gasteiger partial charge in [-0.05, 0) is 43.4 Å². The summed E-state index contributed by atoms with van der Waals surface area (Å²) in [6.07, 6.45) is 2.79. The van der Waals surface area contributed by atoms with Gasteiger partial charge in [-0.2, -0.15) is 0 Å². The second-order valence-electron chi connectivity index (χ2n) is 7.71. The zero-order chi connectivity index (χ0) is 20.4. The molecular formula is C21H25N3O5. The summed E-state index contributed by atoms with van der Waals surface area (Å²) in [6, 6.07) is 7.43. The second-order valence-corrected chi connectivity index (χ2v) is 7.71. The Labute approximate surface area is 169 Å². The second kappa shape index (κ2) is 8.14. The Balaban J connectivity index is 1.38. The van der Waals surface area contributed by atoms with Crippen molar-refractivity contribution >= 4 is 17.6 Å². The minimum Gasteiger partial charge on any atom is -0.493 e. The average Bonchev–Trinajstić information content (AvgIpc) is 3.35. The number of benzene rings is 1. The van der Waals surface area contributed by atoms with E-state index in [9.17, 15) is 9.59 Å². The number of amides is 2. The molecule has 2 amide bonds. The molecule has 2 fully saturated rings. The van der Waals surface area contributed by atoms with Crippen LogP contribution in [0.2, 0.25) is 0 Å². The maximum Gasteiger partial charge on any atom is 0.245 e. The molecule has 1 saturated heterocycles. The van der Waals surface area contributed by atoms with Crippen LogP contribution in [0, 0.1) is 12.8 Å². The van der Waals surface area contributed by atoms with Gasteiger partial charge in [0.05, 0.1) is 20.3 Å². The molecule has 1 aliphatic carbocycles. The van der Waals surface area contributed by atoms with Crippen LogP contribution in [0.5, 0.6) is 11.5 Å². The maximum absolute atomic E-state index is 12.4. The molecule has 0 spiro atoms. The molecule has 1 aliphatic heterocycles. The van der Waals surface area contributed by atoms with E-state index in [4.69, 9.17) is 14.0 Å². The van der Waals surface area contributed by atoms with Crippen molar-refractivity contribution in [1.29, 1.82) is 0 Å². The van der Waals surface area contributed by atoms with Crippen LogP contribution in [0.15, 0.2) is 28.8 Å². The van der Waals surface area contributed by atoms with Crippen molar-refractivity contribution in [3.05, 3.63) is 35.6 Å². The van der Waals surface area contributed by atoms with Crippen molar-refractivity contribution in [3.8, 4) is 11.5 Å². The van der Waals surface area contributed by atoms with Gasteiger partial charge in [-0.1, -0.05) is 11.2 Å². The lowest BCUT2D eigenvalue weighted by Crippen LogP contribution is -2.34. The molecule has 2 aromatic rings. The quantitative estimate of drug-likeness (QED) is 0.734. The molecule has 1 unspecified atom stereocenters. The monoisotopic (exact) mass is 399 g/mol. The summed E-state index contributed by atoms with van der Waals surface area (Å²) in [5.41, 5.74) is 1.01. The molecule has 1 atom stereocenters. The van der Waals surface area contributed by atoms with Crippen LogP contribution in [-0.2, 0) is 9.59 Å². The molecule has 4 rings (SSSR count). The molecule has 154 valence electrons. The summed E-state index contributed by atoms with van der Waals surface area (Å²) < 4.78 is 16.3. The Hall–Kier alpha value is -3.03. The minimum atomic E-state index is -0.296. The topological polar surface area (TPSA) is 93.9 Å². The third-order valence-corrected chi connectivity index (χ3v) is 5.27. The molecule has 1 aromatic carbocycles. The SMILES string of the molecule is COc1ccc(C2CC(=O)N(CC(=O)Nc3cc(C)on3)C2)cc1OCC1CC1. The van der Waals surface area contributed by atoms with Gasteiger partial charge in [0.2, 0.25) is 11.8 Å². The van der Waals surface area contributed by atoms with Crippen molar-refractivity contribution < 1.29 is 23.6 Å². The van der Waals surface area contributed by atoms with Crippen LogP contribution in [0.3, 0.4) is 0 Å². The predicted octanol–water partition coefficient (Wildman–Crippen LogP) is 2.74. The molecule has 1 N–H and O–H groups in total. The number of ether oxygens (including phenoxy) is 2. The van der Waals surface area contributed by atoms with Gasteiger partial charge < -0.3 is 24.2 Å². The number of anilines is 1. The first-order chi connectivity index (χ1) is 14.0. The van der Waals surface area contributed by atoms with Crippen molar-refractivity contribution in [1.82, 2.24) is 10.1 Å². The van der Waals surface area contributed by atoms with Crippen LogP contribution in [0.1, 0.15) is 36.5 Å². The number of methoxy groups -OCH3 is 1. The number of aryl methyl sites for hydroxylation is 1. The van der Waals surface area contributed by atoms with Gasteiger partial charge in [0, 0.05) is 24.9 Å². The molecule has 8 heteroatoms. The molecule has 2 heterocycles. The summed E-state index contributed by atoms with van der Waals surface area (Å²) in [4.78, 5) is 26.2. The lowest BCUT2D eigenvalue weighted by Gasteiger charge is -2.17. The number of hydrogen-bond donors (Lipinski definition) is 1. The number of nitrogens with one attached hydrogen (secondary N) is 1. The molecule has 29 heavy (non-hydrogen) atoms. The summed E-state index contributed by atoms with van der Waals surface area (Å²) in [5.74, 6) is 2.67. The Morgan fingerprint density at radius 1 is 1.31 bits per heavy atom. The van der Waals surface area contributed by atoms with Gasteiger partial charge in [-0.3, -0.25) is 9.59 Å². The van der Waals surface area contributed by atoms with E-state index in [0.717, 1.165) is 5.56 Å². The highest BCUT2D eigenvalue weighted by atomic mass is 16.5. The predicted molar refractivity (Wildman–Crippen MR) is 105 cm³/mol.